The summed E-state index contributed by atoms with van der Waals surface area (Å²) in [4.78, 5) is 0. The molecule has 0 saturated heterocycles. The van der Waals surface area contributed by atoms with Crippen molar-refractivity contribution >= 4 is 0 Å². The molecule has 3 nitrogen and oxygen atoms in total. The highest BCUT2D eigenvalue weighted by atomic mass is 16.5. The highest BCUT2D eigenvalue weighted by molar-refractivity contribution is 5.02. The summed E-state index contributed by atoms with van der Waals surface area (Å²) in [6, 6.07) is 0. The number of allylic oxidation sites excluding steroid dienone is 2. The Morgan fingerprint density at radius 3 is 2.47 bits per heavy atom. The average molecular weight is 214 g/mol. The number of hydrogen-bond acceptors (Lipinski definition) is 3. The van der Waals surface area contributed by atoms with E-state index in [-0.39, 0.29) is 0 Å². The van der Waals surface area contributed by atoms with Crippen molar-refractivity contribution in [2.24, 2.45) is 5.73 Å². The topological polar surface area (TPSA) is 47.3 Å². The molecule has 0 atom stereocenters. The van der Waals surface area contributed by atoms with Gasteiger partial charge in [-0.1, -0.05) is 0 Å². The number of nitrogens with two attached hydrogens (primary N) is 1. The third kappa shape index (κ3) is 8.45. The number of ether oxygens (including phenoxy) is 1. The molecule has 0 aliphatic rings. The van der Waals surface area contributed by atoms with E-state index < -0.39 is 0 Å². The Kier molecular flexibility index (Phi) is 9.63. The van der Waals surface area contributed by atoms with Gasteiger partial charge in [0.2, 0.25) is 0 Å². The van der Waals surface area contributed by atoms with E-state index in [1.807, 2.05) is 6.92 Å². The van der Waals surface area contributed by atoms with E-state index in [1.165, 1.54) is 18.4 Å². The number of hydrogen-bond donors (Lipinski definition) is 2. The molecule has 90 valence electrons. The maximum atomic E-state index is 5.57. The summed E-state index contributed by atoms with van der Waals surface area (Å²) in [5, 5.41) is 3.29. The van der Waals surface area contributed by atoms with Crippen LogP contribution in [0.1, 0.15) is 40.0 Å². The molecule has 0 saturated carbocycles. The highest BCUT2D eigenvalue weighted by Gasteiger charge is 1.99. The fraction of sp³-hybridized carbons (Fsp3) is 0.833. The van der Waals surface area contributed by atoms with E-state index in [1.54, 1.807) is 0 Å². The minimum absolute atomic E-state index is 0.720. The summed E-state index contributed by atoms with van der Waals surface area (Å²) >= 11 is 0. The first-order chi connectivity index (χ1) is 7.22. The van der Waals surface area contributed by atoms with Gasteiger partial charge in [0, 0.05) is 19.5 Å². The van der Waals surface area contributed by atoms with Gasteiger partial charge >= 0.3 is 0 Å². The van der Waals surface area contributed by atoms with Gasteiger partial charge in [-0.15, -0.1) is 0 Å². The molecule has 0 bridgehead atoms. The van der Waals surface area contributed by atoms with Crippen molar-refractivity contribution in [1.29, 1.82) is 0 Å². The average Bonchev–Trinajstić information content (AvgIpc) is 2.21. The first-order valence-corrected chi connectivity index (χ1v) is 5.92. The maximum absolute atomic E-state index is 5.57. The van der Waals surface area contributed by atoms with Crippen LogP contribution >= 0.6 is 0 Å². The number of unbranched alkanes of at least 4 members (excludes halogenated alkanes) is 1. The lowest BCUT2D eigenvalue weighted by Gasteiger charge is -2.10. The molecular weight excluding hydrogens is 188 g/mol. The van der Waals surface area contributed by atoms with Crippen molar-refractivity contribution in [2.75, 3.05) is 26.2 Å². The zero-order valence-electron chi connectivity index (χ0n) is 10.4. The van der Waals surface area contributed by atoms with Crippen molar-refractivity contribution in [2.45, 2.75) is 40.0 Å². The quantitative estimate of drug-likeness (QED) is 0.456. The van der Waals surface area contributed by atoms with Crippen LogP contribution in [-0.2, 0) is 4.74 Å². The predicted octanol–water partition coefficient (Wildman–Crippen LogP) is 2.04. The van der Waals surface area contributed by atoms with Gasteiger partial charge < -0.3 is 15.8 Å². The van der Waals surface area contributed by atoms with E-state index in [2.05, 4.69) is 19.2 Å². The second-order valence-corrected chi connectivity index (χ2v) is 3.85. The van der Waals surface area contributed by atoms with E-state index >= 15 is 0 Å². The Morgan fingerprint density at radius 2 is 1.93 bits per heavy atom. The lowest BCUT2D eigenvalue weighted by molar-refractivity contribution is 0.212. The second-order valence-electron chi connectivity index (χ2n) is 3.85. The SMILES string of the molecule is CCOC(CCCCNCCN)=C(C)C. The van der Waals surface area contributed by atoms with Crippen molar-refractivity contribution in [1.82, 2.24) is 5.32 Å². The molecular formula is C12H26N2O. The van der Waals surface area contributed by atoms with Crippen LogP contribution in [0.4, 0.5) is 0 Å². The van der Waals surface area contributed by atoms with Crippen LogP contribution < -0.4 is 11.1 Å². The molecule has 0 aliphatic carbocycles. The molecule has 3 heteroatoms. The first kappa shape index (κ1) is 14.5. The van der Waals surface area contributed by atoms with Gasteiger partial charge in [0.25, 0.3) is 0 Å². The predicted molar refractivity (Wildman–Crippen MR) is 65.8 cm³/mol. The van der Waals surface area contributed by atoms with Crippen molar-refractivity contribution < 1.29 is 4.74 Å². The van der Waals surface area contributed by atoms with Gasteiger partial charge in [0.15, 0.2) is 0 Å². The Hall–Kier alpha value is -0.540. The monoisotopic (exact) mass is 214 g/mol. The summed E-state index contributed by atoms with van der Waals surface area (Å²) in [5.74, 6) is 1.16. The normalized spacial score (nSPS) is 10.1. The fourth-order valence-electron chi connectivity index (χ4n) is 1.40. The largest absolute Gasteiger partial charge is 0.498 e. The Labute approximate surface area is 94.1 Å². The summed E-state index contributed by atoms with van der Waals surface area (Å²) in [6.07, 6.45) is 3.42. The summed E-state index contributed by atoms with van der Waals surface area (Å²) in [6.45, 7) is 9.71. The van der Waals surface area contributed by atoms with Crippen LogP contribution in [0.2, 0.25) is 0 Å². The molecule has 0 aromatic carbocycles. The molecule has 3 N–H and O–H groups in total. The Bertz CT molecular complexity index is 174. The Balaban J connectivity index is 3.51. The van der Waals surface area contributed by atoms with E-state index in [4.69, 9.17) is 10.5 Å². The van der Waals surface area contributed by atoms with Crippen LogP contribution in [0, 0.1) is 0 Å². The smallest absolute Gasteiger partial charge is 0.0945 e. The molecule has 0 fully saturated rings. The van der Waals surface area contributed by atoms with Crippen LogP contribution in [0.3, 0.4) is 0 Å². The van der Waals surface area contributed by atoms with Crippen LogP contribution in [-0.4, -0.2) is 26.2 Å². The zero-order chi connectivity index (χ0) is 11.5. The van der Waals surface area contributed by atoms with Crippen LogP contribution in [0.5, 0.6) is 0 Å². The zero-order valence-corrected chi connectivity index (χ0v) is 10.4. The molecule has 15 heavy (non-hydrogen) atoms. The molecule has 0 unspecified atom stereocenters. The lowest BCUT2D eigenvalue weighted by Crippen LogP contribution is -2.23. The van der Waals surface area contributed by atoms with Gasteiger partial charge in [0.1, 0.15) is 0 Å². The van der Waals surface area contributed by atoms with Gasteiger partial charge in [-0.3, -0.25) is 0 Å². The molecule has 0 rings (SSSR count). The van der Waals surface area contributed by atoms with Gasteiger partial charge in [-0.2, -0.15) is 0 Å². The summed E-state index contributed by atoms with van der Waals surface area (Å²) in [7, 11) is 0. The molecule has 0 aromatic heterocycles. The van der Waals surface area contributed by atoms with Gasteiger partial charge in [0.05, 0.1) is 12.4 Å². The highest BCUT2D eigenvalue weighted by Crippen LogP contribution is 2.13. The molecule has 0 heterocycles. The maximum Gasteiger partial charge on any atom is 0.0945 e. The van der Waals surface area contributed by atoms with E-state index in [0.717, 1.165) is 38.4 Å². The van der Waals surface area contributed by atoms with Crippen molar-refractivity contribution in [3.63, 3.8) is 0 Å². The van der Waals surface area contributed by atoms with Crippen LogP contribution in [0.25, 0.3) is 0 Å². The summed E-state index contributed by atoms with van der Waals surface area (Å²) in [5.41, 5.74) is 6.68. The molecule has 0 amide bonds. The van der Waals surface area contributed by atoms with Gasteiger partial charge in [-0.25, -0.2) is 0 Å². The van der Waals surface area contributed by atoms with Crippen molar-refractivity contribution in [3.8, 4) is 0 Å². The second kappa shape index (κ2) is 9.99. The standard InChI is InChI=1S/C12H26N2O/c1-4-15-12(11(2)3)7-5-6-9-14-10-8-13/h14H,4-10,13H2,1-3H3. The van der Waals surface area contributed by atoms with Crippen molar-refractivity contribution in [3.05, 3.63) is 11.3 Å². The summed E-state index contributed by atoms with van der Waals surface area (Å²) < 4.78 is 5.57. The van der Waals surface area contributed by atoms with Crippen LogP contribution in [0.15, 0.2) is 11.3 Å². The van der Waals surface area contributed by atoms with E-state index in [9.17, 15) is 0 Å². The third-order valence-electron chi connectivity index (χ3n) is 2.20. The van der Waals surface area contributed by atoms with Gasteiger partial charge in [-0.05, 0) is 45.7 Å². The van der Waals surface area contributed by atoms with E-state index in [0.29, 0.717) is 0 Å². The molecule has 0 radical (unpaired) electrons. The minimum atomic E-state index is 0.720. The first-order valence-electron chi connectivity index (χ1n) is 5.92. The lowest BCUT2D eigenvalue weighted by atomic mass is 10.1. The minimum Gasteiger partial charge on any atom is -0.498 e. The number of nitrogens with one attached hydrogen (secondary N) is 1. The molecule has 0 aromatic rings. The fourth-order valence-corrected chi connectivity index (χ4v) is 1.40. The Morgan fingerprint density at radius 1 is 1.20 bits per heavy atom. The number of rotatable bonds is 9. The molecule has 0 aliphatic heterocycles. The third-order valence-corrected chi connectivity index (χ3v) is 2.20. The molecule has 0 spiro atoms.